The number of hydrogen-bond acceptors (Lipinski definition) is 4. The molecule has 1 aliphatic rings. The number of benzene rings is 1. The highest BCUT2D eigenvalue weighted by Gasteiger charge is 2.36. The van der Waals surface area contributed by atoms with Gasteiger partial charge in [-0.2, -0.15) is 0 Å². The zero-order valence-corrected chi connectivity index (χ0v) is 12.9. The molecular weight excluding hydrogens is 282 g/mol. The van der Waals surface area contributed by atoms with Gasteiger partial charge in [0.1, 0.15) is 5.75 Å². The van der Waals surface area contributed by atoms with Gasteiger partial charge in [0.15, 0.2) is 0 Å². The molecular formula is C16H23N3O3. The summed E-state index contributed by atoms with van der Waals surface area (Å²) < 4.78 is 5.08. The van der Waals surface area contributed by atoms with Crippen molar-refractivity contribution in [3.63, 3.8) is 0 Å². The average Bonchev–Trinajstić information content (AvgIpc) is 2.99. The first kappa shape index (κ1) is 16.3. The third-order valence-electron chi connectivity index (χ3n) is 3.98. The molecule has 4 N–H and O–H groups in total. The molecule has 1 saturated carbocycles. The van der Waals surface area contributed by atoms with Gasteiger partial charge in [-0.05, 0) is 31.0 Å². The minimum atomic E-state index is -0.725. The predicted octanol–water partition coefficient (Wildman–Crippen LogP) is 0.813. The molecule has 1 aliphatic carbocycles. The second-order valence-corrected chi connectivity index (χ2v) is 5.61. The zero-order chi connectivity index (χ0) is 16.0. The molecule has 1 fully saturated rings. The summed E-state index contributed by atoms with van der Waals surface area (Å²) in [6, 6.07) is 6.91. The van der Waals surface area contributed by atoms with Gasteiger partial charge in [-0.3, -0.25) is 9.59 Å². The lowest BCUT2D eigenvalue weighted by molar-refractivity contribution is -0.126. The summed E-state index contributed by atoms with van der Waals surface area (Å²) in [4.78, 5) is 24.0. The van der Waals surface area contributed by atoms with Gasteiger partial charge in [0, 0.05) is 18.7 Å². The van der Waals surface area contributed by atoms with Crippen molar-refractivity contribution in [3.8, 4) is 5.75 Å². The molecule has 6 nitrogen and oxygen atoms in total. The fraction of sp³-hybridized carbons (Fsp3) is 0.500. The van der Waals surface area contributed by atoms with Crippen molar-refractivity contribution in [3.05, 3.63) is 29.8 Å². The van der Waals surface area contributed by atoms with Crippen LogP contribution in [0, 0.1) is 0 Å². The summed E-state index contributed by atoms with van der Waals surface area (Å²) in [7, 11) is 1.55. The molecule has 1 aromatic rings. The first-order chi connectivity index (χ1) is 10.5. The Hall–Kier alpha value is -2.08. The summed E-state index contributed by atoms with van der Waals surface area (Å²) >= 11 is 0. The van der Waals surface area contributed by atoms with Crippen molar-refractivity contribution >= 4 is 11.8 Å². The molecule has 0 atom stereocenters. The fourth-order valence-electron chi connectivity index (χ4n) is 2.63. The minimum Gasteiger partial charge on any atom is -0.497 e. The zero-order valence-electron chi connectivity index (χ0n) is 12.9. The molecule has 0 spiro atoms. The largest absolute Gasteiger partial charge is 0.497 e. The first-order valence-corrected chi connectivity index (χ1v) is 7.54. The van der Waals surface area contributed by atoms with Crippen molar-refractivity contribution in [2.24, 2.45) is 5.73 Å². The number of nitrogens with one attached hydrogen (secondary N) is 2. The molecule has 0 unspecified atom stereocenters. The first-order valence-electron chi connectivity index (χ1n) is 7.54. The molecule has 1 aromatic carbocycles. The van der Waals surface area contributed by atoms with E-state index in [0.717, 1.165) is 25.7 Å². The van der Waals surface area contributed by atoms with Gasteiger partial charge in [0.2, 0.25) is 5.91 Å². The standard InChI is InChI=1S/C16H23N3O3/c1-22-13-6-4-5-12(11-13)14(20)18-9-10-19-15(21)16(17)7-2-3-8-16/h4-6,11H,2-3,7-10,17H2,1H3,(H,18,20)(H,19,21). The lowest BCUT2D eigenvalue weighted by atomic mass is 9.98. The van der Waals surface area contributed by atoms with E-state index in [1.54, 1.807) is 31.4 Å². The van der Waals surface area contributed by atoms with Gasteiger partial charge in [0.25, 0.3) is 5.91 Å². The Labute approximate surface area is 130 Å². The highest BCUT2D eigenvalue weighted by Crippen LogP contribution is 2.26. The Morgan fingerprint density at radius 1 is 1.23 bits per heavy atom. The predicted molar refractivity (Wildman–Crippen MR) is 83.7 cm³/mol. The number of carbonyl (C=O) groups is 2. The quantitative estimate of drug-likeness (QED) is 0.678. The second-order valence-electron chi connectivity index (χ2n) is 5.61. The van der Waals surface area contributed by atoms with Crippen LogP contribution in [-0.2, 0) is 4.79 Å². The van der Waals surface area contributed by atoms with Gasteiger partial charge in [0.05, 0.1) is 12.6 Å². The smallest absolute Gasteiger partial charge is 0.251 e. The summed E-state index contributed by atoms with van der Waals surface area (Å²) in [5.74, 6) is 0.310. The molecule has 22 heavy (non-hydrogen) atoms. The summed E-state index contributed by atoms with van der Waals surface area (Å²) in [5.41, 5.74) is 5.85. The van der Waals surface area contributed by atoms with Gasteiger partial charge < -0.3 is 21.1 Å². The van der Waals surface area contributed by atoms with E-state index in [4.69, 9.17) is 10.5 Å². The number of carbonyl (C=O) groups excluding carboxylic acids is 2. The highest BCUT2D eigenvalue weighted by molar-refractivity contribution is 5.94. The Bertz CT molecular complexity index is 539. The molecule has 6 heteroatoms. The minimum absolute atomic E-state index is 0.124. The monoisotopic (exact) mass is 305 g/mol. The van der Waals surface area contributed by atoms with Crippen LogP contribution in [0.15, 0.2) is 24.3 Å². The summed E-state index contributed by atoms with van der Waals surface area (Å²) in [6.07, 6.45) is 3.46. The Balaban J connectivity index is 1.74. The molecule has 2 amide bonds. The van der Waals surface area contributed by atoms with Crippen molar-refractivity contribution in [2.75, 3.05) is 20.2 Å². The lowest BCUT2D eigenvalue weighted by Crippen LogP contribution is -2.53. The Morgan fingerprint density at radius 2 is 1.91 bits per heavy atom. The van der Waals surface area contributed by atoms with Crippen molar-refractivity contribution in [1.82, 2.24) is 10.6 Å². The molecule has 0 heterocycles. The van der Waals surface area contributed by atoms with Crippen LogP contribution >= 0.6 is 0 Å². The Morgan fingerprint density at radius 3 is 2.59 bits per heavy atom. The summed E-state index contributed by atoms with van der Waals surface area (Å²) in [5, 5.41) is 5.55. The Kier molecular flexibility index (Phi) is 5.38. The van der Waals surface area contributed by atoms with Crippen molar-refractivity contribution < 1.29 is 14.3 Å². The molecule has 0 saturated heterocycles. The van der Waals surface area contributed by atoms with E-state index < -0.39 is 5.54 Å². The van der Waals surface area contributed by atoms with Crippen LogP contribution in [0.2, 0.25) is 0 Å². The number of nitrogens with two attached hydrogens (primary N) is 1. The second kappa shape index (κ2) is 7.26. The SMILES string of the molecule is COc1cccc(C(=O)NCCNC(=O)C2(N)CCCC2)c1. The fourth-order valence-corrected chi connectivity index (χ4v) is 2.63. The maximum absolute atomic E-state index is 12.0. The molecule has 120 valence electrons. The number of hydrogen-bond donors (Lipinski definition) is 3. The van der Waals surface area contributed by atoms with Crippen LogP contribution in [0.25, 0.3) is 0 Å². The van der Waals surface area contributed by atoms with Gasteiger partial charge in [-0.1, -0.05) is 18.9 Å². The maximum atomic E-state index is 12.0. The van der Waals surface area contributed by atoms with E-state index in [1.807, 2.05) is 0 Å². The van der Waals surface area contributed by atoms with Crippen molar-refractivity contribution in [1.29, 1.82) is 0 Å². The van der Waals surface area contributed by atoms with Crippen molar-refractivity contribution in [2.45, 2.75) is 31.2 Å². The number of rotatable bonds is 6. The molecule has 0 radical (unpaired) electrons. The topological polar surface area (TPSA) is 93.5 Å². The third kappa shape index (κ3) is 3.98. The maximum Gasteiger partial charge on any atom is 0.251 e. The van der Waals surface area contributed by atoms with Crippen LogP contribution in [0.3, 0.4) is 0 Å². The van der Waals surface area contributed by atoms with Crippen LogP contribution in [0.5, 0.6) is 5.75 Å². The molecule has 0 bridgehead atoms. The number of ether oxygens (including phenoxy) is 1. The van der Waals surface area contributed by atoms with Crippen LogP contribution < -0.4 is 21.1 Å². The van der Waals surface area contributed by atoms with E-state index in [0.29, 0.717) is 24.4 Å². The van der Waals surface area contributed by atoms with Gasteiger partial charge in [-0.25, -0.2) is 0 Å². The summed E-state index contributed by atoms with van der Waals surface area (Å²) in [6.45, 7) is 0.728. The van der Waals surface area contributed by atoms with E-state index in [1.165, 1.54) is 0 Å². The number of amides is 2. The van der Waals surface area contributed by atoms with E-state index in [2.05, 4.69) is 10.6 Å². The number of methoxy groups -OCH3 is 1. The molecule has 2 rings (SSSR count). The highest BCUT2D eigenvalue weighted by atomic mass is 16.5. The van der Waals surface area contributed by atoms with Crippen LogP contribution in [0.1, 0.15) is 36.0 Å². The van der Waals surface area contributed by atoms with Gasteiger partial charge in [-0.15, -0.1) is 0 Å². The van der Waals surface area contributed by atoms with E-state index in [9.17, 15) is 9.59 Å². The third-order valence-corrected chi connectivity index (χ3v) is 3.98. The van der Waals surface area contributed by atoms with E-state index in [-0.39, 0.29) is 11.8 Å². The lowest BCUT2D eigenvalue weighted by Gasteiger charge is -2.22. The molecule has 0 aliphatic heterocycles. The molecule has 0 aromatic heterocycles. The van der Waals surface area contributed by atoms with Gasteiger partial charge >= 0.3 is 0 Å². The van der Waals surface area contributed by atoms with Crippen LogP contribution in [0.4, 0.5) is 0 Å². The average molecular weight is 305 g/mol. The van der Waals surface area contributed by atoms with E-state index >= 15 is 0 Å². The van der Waals surface area contributed by atoms with Crippen LogP contribution in [-0.4, -0.2) is 37.6 Å². The normalized spacial score (nSPS) is 16.1.